The first kappa shape index (κ1) is 19.7. The number of alkyl halides is 3. The van der Waals surface area contributed by atoms with Gasteiger partial charge in [-0.1, -0.05) is 30.2 Å². The minimum atomic E-state index is -5.08. The van der Waals surface area contributed by atoms with E-state index in [1.165, 1.54) is 24.3 Å². The van der Waals surface area contributed by atoms with Crippen LogP contribution in [0, 0.1) is 0 Å². The number of aliphatic carboxylic acids is 1. The second kappa shape index (κ2) is 8.64. The van der Waals surface area contributed by atoms with E-state index in [0.29, 0.717) is 6.04 Å². The molecule has 136 valence electrons. The van der Waals surface area contributed by atoms with Crippen LogP contribution in [0.25, 0.3) is 11.3 Å². The lowest BCUT2D eigenvalue weighted by Gasteiger charge is -2.21. The number of nitrogens with zero attached hydrogens (tertiary/aromatic N) is 1. The van der Waals surface area contributed by atoms with E-state index in [-0.39, 0.29) is 0 Å². The van der Waals surface area contributed by atoms with Crippen molar-refractivity contribution in [2.24, 2.45) is 0 Å². The molecule has 1 saturated heterocycles. The molecule has 0 aliphatic carbocycles. The van der Waals surface area contributed by atoms with Crippen LogP contribution in [0.15, 0.2) is 29.6 Å². The molecule has 1 aliphatic heterocycles. The van der Waals surface area contributed by atoms with Crippen LogP contribution >= 0.6 is 22.9 Å². The van der Waals surface area contributed by atoms with Gasteiger partial charge in [0.1, 0.15) is 5.01 Å². The van der Waals surface area contributed by atoms with E-state index in [2.05, 4.69) is 10.7 Å². The molecule has 1 atom stereocenters. The van der Waals surface area contributed by atoms with Gasteiger partial charge < -0.3 is 10.4 Å². The van der Waals surface area contributed by atoms with Crippen molar-refractivity contribution in [3.05, 3.63) is 39.7 Å². The lowest BCUT2D eigenvalue weighted by atomic mass is 10.1. The summed E-state index contributed by atoms with van der Waals surface area (Å²) in [4.78, 5) is 13.6. The summed E-state index contributed by atoms with van der Waals surface area (Å²) >= 11 is 7.65. The van der Waals surface area contributed by atoms with Crippen molar-refractivity contribution >= 4 is 28.9 Å². The highest BCUT2D eigenvalue weighted by Gasteiger charge is 2.38. The van der Waals surface area contributed by atoms with Crippen LogP contribution in [0.4, 0.5) is 13.2 Å². The molecule has 1 aromatic heterocycles. The van der Waals surface area contributed by atoms with Crippen molar-refractivity contribution in [3.8, 4) is 11.3 Å². The smallest absolute Gasteiger partial charge is 0.475 e. The molecule has 25 heavy (non-hydrogen) atoms. The first-order valence-electron chi connectivity index (χ1n) is 7.52. The number of halogens is 4. The molecule has 1 fully saturated rings. The summed E-state index contributed by atoms with van der Waals surface area (Å²) in [6.07, 6.45) is -1.30. The van der Waals surface area contributed by atoms with Gasteiger partial charge in [0.25, 0.3) is 0 Å². The van der Waals surface area contributed by atoms with Gasteiger partial charge in [-0.05, 0) is 31.5 Å². The number of thiazole rings is 1. The average molecular weight is 393 g/mol. The Labute approximate surface area is 151 Å². The number of aromatic nitrogens is 1. The second-order valence-electron chi connectivity index (χ2n) is 5.38. The van der Waals surface area contributed by atoms with E-state index in [1.54, 1.807) is 11.3 Å². The van der Waals surface area contributed by atoms with Crippen molar-refractivity contribution in [2.75, 3.05) is 6.54 Å². The quantitative estimate of drug-likeness (QED) is 0.762. The number of hydrogen-bond donors (Lipinski definition) is 2. The van der Waals surface area contributed by atoms with Gasteiger partial charge in [0.2, 0.25) is 0 Å². The third-order valence-electron chi connectivity index (χ3n) is 3.51. The SMILES string of the molecule is Clc1ccc(-c2csc(C3CCCCN3)n2)cc1.O=C(O)C(F)(F)F. The standard InChI is InChI=1S/C14H15ClN2S.C2HF3O2/c15-11-6-4-10(5-7-11)13-9-18-14(17-13)12-3-1-2-8-16-12;3-2(4,5)1(6)7/h4-7,9,12,16H,1-3,8H2;(H,6,7). The summed E-state index contributed by atoms with van der Waals surface area (Å²) in [5.41, 5.74) is 2.19. The number of benzene rings is 1. The highest BCUT2D eigenvalue weighted by atomic mass is 35.5. The Morgan fingerprint density at radius 2 is 1.92 bits per heavy atom. The predicted molar refractivity (Wildman–Crippen MR) is 90.8 cm³/mol. The van der Waals surface area contributed by atoms with Crippen LogP contribution < -0.4 is 5.32 Å². The van der Waals surface area contributed by atoms with E-state index in [4.69, 9.17) is 26.5 Å². The number of nitrogens with one attached hydrogen (secondary N) is 1. The maximum atomic E-state index is 10.6. The number of rotatable bonds is 2. The monoisotopic (exact) mass is 392 g/mol. The highest BCUT2D eigenvalue weighted by Crippen LogP contribution is 2.29. The van der Waals surface area contributed by atoms with Crippen molar-refractivity contribution in [3.63, 3.8) is 0 Å². The summed E-state index contributed by atoms with van der Waals surface area (Å²) < 4.78 is 31.7. The topological polar surface area (TPSA) is 62.2 Å². The Hall–Kier alpha value is -1.64. The normalized spacial score (nSPS) is 17.5. The zero-order valence-corrected chi connectivity index (χ0v) is 14.6. The van der Waals surface area contributed by atoms with Gasteiger partial charge in [-0.25, -0.2) is 9.78 Å². The molecule has 0 bridgehead atoms. The molecule has 2 heterocycles. The Kier molecular flexibility index (Phi) is 6.80. The van der Waals surface area contributed by atoms with Gasteiger partial charge in [-0.2, -0.15) is 13.2 Å². The van der Waals surface area contributed by atoms with Gasteiger partial charge in [0, 0.05) is 16.0 Å². The minimum absolute atomic E-state index is 0.449. The largest absolute Gasteiger partial charge is 0.490 e. The van der Waals surface area contributed by atoms with Crippen molar-refractivity contribution in [2.45, 2.75) is 31.5 Å². The Balaban J connectivity index is 0.000000277. The van der Waals surface area contributed by atoms with E-state index in [9.17, 15) is 13.2 Å². The Morgan fingerprint density at radius 1 is 1.28 bits per heavy atom. The van der Waals surface area contributed by atoms with Crippen LogP contribution in [0.5, 0.6) is 0 Å². The lowest BCUT2D eigenvalue weighted by Crippen LogP contribution is -2.26. The Bertz CT molecular complexity index is 698. The minimum Gasteiger partial charge on any atom is -0.475 e. The fourth-order valence-electron chi connectivity index (χ4n) is 2.26. The molecule has 2 N–H and O–H groups in total. The van der Waals surface area contributed by atoms with E-state index >= 15 is 0 Å². The lowest BCUT2D eigenvalue weighted by molar-refractivity contribution is -0.192. The maximum absolute atomic E-state index is 10.6. The number of hydrogen-bond acceptors (Lipinski definition) is 4. The van der Waals surface area contributed by atoms with E-state index < -0.39 is 12.1 Å². The molecule has 9 heteroatoms. The number of carboxylic acids is 1. The zero-order chi connectivity index (χ0) is 18.4. The maximum Gasteiger partial charge on any atom is 0.490 e. The molecule has 1 aliphatic rings. The molecular weight excluding hydrogens is 377 g/mol. The number of carbonyl (C=O) groups is 1. The summed E-state index contributed by atoms with van der Waals surface area (Å²) in [6, 6.07) is 8.32. The molecule has 0 saturated carbocycles. The van der Waals surface area contributed by atoms with Crippen molar-refractivity contribution in [1.82, 2.24) is 10.3 Å². The summed E-state index contributed by atoms with van der Waals surface area (Å²) in [7, 11) is 0. The molecule has 2 aromatic rings. The van der Waals surface area contributed by atoms with E-state index in [1.807, 2.05) is 24.3 Å². The van der Waals surface area contributed by atoms with Crippen LogP contribution in [-0.4, -0.2) is 28.8 Å². The first-order chi connectivity index (χ1) is 11.8. The molecule has 0 spiro atoms. The predicted octanol–water partition coefficient (Wildman–Crippen LogP) is 4.91. The van der Waals surface area contributed by atoms with Crippen LogP contribution in [0.1, 0.15) is 30.3 Å². The van der Waals surface area contributed by atoms with Gasteiger partial charge in [0.15, 0.2) is 0 Å². The second-order valence-corrected chi connectivity index (χ2v) is 6.71. The third-order valence-corrected chi connectivity index (χ3v) is 4.72. The Morgan fingerprint density at radius 3 is 2.44 bits per heavy atom. The van der Waals surface area contributed by atoms with Gasteiger partial charge in [-0.3, -0.25) is 0 Å². The van der Waals surface area contributed by atoms with Gasteiger partial charge in [0.05, 0.1) is 11.7 Å². The van der Waals surface area contributed by atoms with Crippen LogP contribution in [-0.2, 0) is 4.79 Å². The summed E-state index contributed by atoms with van der Waals surface area (Å²) in [5, 5.41) is 14.8. The highest BCUT2D eigenvalue weighted by molar-refractivity contribution is 7.10. The molecule has 1 aromatic carbocycles. The summed E-state index contributed by atoms with van der Waals surface area (Å²) in [5.74, 6) is -2.76. The van der Waals surface area contributed by atoms with E-state index in [0.717, 1.165) is 22.8 Å². The number of piperidine rings is 1. The van der Waals surface area contributed by atoms with Gasteiger partial charge >= 0.3 is 12.1 Å². The fourth-order valence-corrected chi connectivity index (χ4v) is 3.33. The summed E-state index contributed by atoms with van der Waals surface area (Å²) in [6.45, 7) is 1.11. The molecule has 0 radical (unpaired) electrons. The van der Waals surface area contributed by atoms with Crippen LogP contribution in [0.3, 0.4) is 0 Å². The molecule has 0 amide bonds. The average Bonchev–Trinajstić information content (AvgIpc) is 3.06. The third kappa shape index (κ3) is 5.98. The molecule has 4 nitrogen and oxygen atoms in total. The van der Waals surface area contributed by atoms with Crippen molar-refractivity contribution < 1.29 is 23.1 Å². The van der Waals surface area contributed by atoms with Crippen LogP contribution in [0.2, 0.25) is 5.02 Å². The molecular formula is C16H16ClF3N2O2S. The van der Waals surface area contributed by atoms with Gasteiger partial charge in [-0.15, -0.1) is 11.3 Å². The molecule has 3 rings (SSSR count). The van der Waals surface area contributed by atoms with Crippen molar-refractivity contribution in [1.29, 1.82) is 0 Å². The number of carboxylic acid groups (broad SMARTS) is 1. The molecule has 1 unspecified atom stereocenters. The first-order valence-corrected chi connectivity index (χ1v) is 8.78. The fraction of sp³-hybridized carbons (Fsp3) is 0.375. The zero-order valence-electron chi connectivity index (χ0n) is 13.0.